The maximum Gasteiger partial charge on any atom is 0.413 e. The zero-order chi connectivity index (χ0) is 15.7. The molecule has 1 aliphatic rings. The molecule has 0 atom stereocenters. The Labute approximate surface area is 124 Å². The zero-order valence-corrected chi connectivity index (χ0v) is 12.2. The number of amides is 2. The molecular formula is C13H21N5O3. The highest BCUT2D eigenvalue weighted by Crippen LogP contribution is 2.06. The molecule has 1 rings (SSSR count). The lowest BCUT2D eigenvalue weighted by Crippen LogP contribution is -2.47. The number of piperazine rings is 1. The number of nitrogens with zero attached hydrogens (tertiary/aromatic N) is 3. The summed E-state index contributed by atoms with van der Waals surface area (Å²) in [6.07, 6.45) is 0.596. The van der Waals surface area contributed by atoms with Gasteiger partial charge in [0.05, 0.1) is 6.61 Å². The third-order valence-electron chi connectivity index (χ3n) is 2.91. The van der Waals surface area contributed by atoms with Gasteiger partial charge >= 0.3 is 6.09 Å². The van der Waals surface area contributed by atoms with Gasteiger partial charge in [0.15, 0.2) is 0 Å². The number of nitrogens with two attached hydrogens (primary N) is 1. The maximum atomic E-state index is 12.2. The molecule has 0 aromatic heterocycles. The fourth-order valence-corrected chi connectivity index (χ4v) is 1.88. The van der Waals surface area contributed by atoms with Crippen molar-refractivity contribution in [2.75, 3.05) is 45.9 Å². The minimum Gasteiger partial charge on any atom is -0.449 e. The molecule has 0 saturated carbocycles. The molecule has 1 aliphatic heterocycles. The summed E-state index contributed by atoms with van der Waals surface area (Å²) in [5.74, 6) is -0.384. The summed E-state index contributed by atoms with van der Waals surface area (Å²) in [6.45, 7) is 4.72. The van der Waals surface area contributed by atoms with Gasteiger partial charge in [-0.1, -0.05) is 0 Å². The second-order valence-electron chi connectivity index (χ2n) is 4.38. The summed E-state index contributed by atoms with van der Waals surface area (Å²) < 4.78 is 4.87. The molecule has 0 aliphatic carbocycles. The third-order valence-corrected chi connectivity index (χ3v) is 2.91. The van der Waals surface area contributed by atoms with E-state index in [1.54, 1.807) is 11.8 Å². The van der Waals surface area contributed by atoms with Crippen molar-refractivity contribution in [1.29, 1.82) is 5.26 Å². The monoisotopic (exact) mass is 295 g/mol. The van der Waals surface area contributed by atoms with Crippen molar-refractivity contribution in [2.45, 2.75) is 6.92 Å². The number of hydrogen-bond acceptors (Lipinski definition) is 6. The minimum atomic E-state index is -0.621. The highest BCUT2D eigenvalue weighted by molar-refractivity contribution is 5.97. The number of carbonyl (C=O) groups is 2. The third kappa shape index (κ3) is 5.06. The van der Waals surface area contributed by atoms with Gasteiger partial charge in [-0.3, -0.25) is 9.69 Å². The van der Waals surface area contributed by atoms with Crippen LogP contribution < -0.4 is 11.1 Å². The highest BCUT2D eigenvalue weighted by Gasteiger charge is 2.22. The first-order valence-corrected chi connectivity index (χ1v) is 6.89. The van der Waals surface area contributed by atoms with Gasteiger partial charge in [-0.25, -0.2) is 4.79 Å². The van der Waals surface area contributed by atoms with E-state index in [9.17, 15) is 9.59 Å². The molecule has 0 aromatic rings. The van der Waals surface area contributed by atoms with Crippen molar-refractivity contribution in [3.05, 3.63) is 11.8 Å². The Kier molecular flexibility index (Phi) is 7.21. The van der Waals surface area contributed by atoms with E-state index in [-0.39, 0.29) is 31.2 Å². The predicted octanol–water partition coefficient (Wildman–Crippen LogP) is -0.757. The Bertz CT molecular complexity index is 438. The van der Waals surface area contributed by atoms with Crippen LogP contribution in [0.3, 0.4) is 0 Å². The van der Waals surface area contributed by atoms with Crippen molar-refractivity contribution < 1.29 is 14.3 Å². The van der Waals surface area contributed by atoms with Gasteiger partial charge in [0.2, 0.25) is 0 Å². The fourth-order valence-electron chi connectivity index (χ4n) is 1.88. The smallest absolute Gasteiger partial charge is 0.413 e. The quantitative estimate of drug-likeness (QED) is 0.509. The first-order chi connectivity index (χ1) is 10.1. The molecule has 21 heavy (non-hydrogen) atoms. The van der Waals surface area contributed by atoms with Crippen LogP contribution in [0.25, 0.3) is 0 Å². The Morgan fingerprint density at radius 2 is 2.14 bits per heavy atom. The lowest BCUT2D eigenvalue weighted by atomic mass is 10.2. The zero-order valence-electron chi connectivity index (χ0n) is 12.2. The van der Waals surface area contributed by atoms with E-state index in [4.69, 9.17) is 15.7 Å². The van der Waals surface area contributed by atoms with E-state index < -0.39 is 6.09 Å². The average Bonchev–Trinajstić information content (AvgIpc) is 2.51. The minimum absolute atomic E-state index is 0.0987. The number of nitriles is 1. The van der Waals surface area contributed by atoms with E-state index >= 15 is 0 Å². The highest BCUT2D eigenvalue weighted by atomic mass is 16.6. The largest absolute Gasteiger partial charge is 0.449 e. The molecule has 8 nitrogen and oxygen atoms in total. The van der Waals surface area contributed by atoms with E-state index in [1.807, 2.05) is 6.07 Å². The van der Waals surface area contributed by atoms with Crippen LogP contribution in [0, 0.1) is 11.3 Å². The second kappa shape index (κ2) is 8.94. The van der Waals surface area contributed by atoms with Gasteiger partial charge in [-0.15, -0.1) is 0 Å². The Morgan fingerprint density at radius 3 is 2.67 bits per heavy atom. The molecule has 0 spiro atoms. The van der Waals surface area contributed by atoms with Crippen LogP contribution in [-0.2, 0) is 9.53 Å². The topological polar surface area (TPSA) is 112 Å². The van der Waals surface area contributed by atoms with Gasteiger partial charge in [0.25, 0.3) is 5.91 Å². The van der Waals surface area contributed by atoms with E-state index in [2.05, 4.69) is 5.32 Å². The summed E-state index contributed by atoms with van der Waals surface area (Å²) in [4.78, 5) is 26.7. The van der Waals surface area contributed by atoms with Crippen molar-refractivity contribution in [1.82, 2.24) is 15.1 Å². The lowest BCUT2D eigenvalue weighted by molar-refractivity contribution is -0.127. The van der Waals surface area contributed by atoms with Gasteiger partial charge in [-0.2, -0.15) is 5.26 Å². The number of rotatable bonds is 5. The summed E-state index contributed by atoms with van der Waals surface area (Å²) in [5.41, 5.74) is 5.34. The second-order valence-corrected chi connectivity index (χ2v) is 4.38. The molecule has 0 radical (unpaired) electrons. The van der Waals surface area contributed by atoms with Crippen molar-refractivity contribution in [3.63, 3.8) is 0 Å². The number of nitrogens with one attached hydrogen (secondary N) is 1. The van der Waals surface area contributed by atoms with Crippen molar-refractivity contribution >= 4 is 12.0 Å². The molecule has 0 aromatic carbocycles. The molecule has 0 bridgehead atoms. The van der Waals surface area contributed by atoms with E-state index in [0.29, 0.717) is 26.2 Å². The number of hydrogen-bond donors (Lipinski definition) is 2. The van der Waals surface area contributed by atoms with Crippen LogP contribution >= 0.6 is 0 Å². The molecule has 1 fully saturated rings. The average molecular weight is 295 g/mol. The van der Waals surface area contributed by atoms with Crippen LogP contribution in [-0.4, -0.2) is 67.7 Å². The summed E-state index contributed by atoms with van der Waals surface area (Å²) in [5, 5.41) is 12.3. The normalized spacial score (nSPS) is 15.3. The van der Waals surface area contributed by atoms with Crippen molar-refractivity contribution in [3.8, 4) is 6.07 Å². The molecular weight excluding hydrogens is 274 g/mol. The summed E-state index contributed by atoms with van der Waals surface area (Å²) >= 11 is 0. The lowest BCUT2D eigenvalue weighted by Gasteiger charge is -2.27. The molecule has 116 valence electrons. The number of ether oxygens (including phenoxy) is 1. The molecule has 2 amide bonds. The van der Waals surface area contributed by atoms with Gasteiger partial charge in [-0.05, 0) is 6.92 Å². The van der Waals surface area contributed by atoms with Gasteiger partial charge in [0.1, 0.15) is 11.6 Å². The maximum absolute atomic E-state index is 12.2. The van der Waals surface area contributed by atoms with Crippen LogP contribution in [0.2, 0.25) is 0 Å². The predicted molar refractivity (Wildman–Crippen MR) is 75.9 cm³/mol. The summed E-state index contributed by atoms with van der Waals surface area (Å²) in [6, 6.07) is 1.84. The van der Waals surface area contributed by atoms with Crippen LogP contribution in [0.5, 0.6) is 0 Å². The molecule has 3 N–H and O–H groups in total. The van der Waals surface area contributed by atoms with E-state index in [0.717, 1.165) is 4.90 Å². The number of carbonyl (C=O) groups excluding carboxylic acids is 2. The Hall–Kier alpha value is -2.11. The van der Waals surface area contributed by atoms with Crippen LogP contribution in [0.1, 0.15) is 6.92 Å². The molecule has 1 heterocycles. The first-order valence-electron chi connectivity index (χ1n) is 6.89. The molecule has 0 unspecified atom stereocenters. The van der Waals surface area contributed by atoms with Crippen LogP contribution in [0.4, 0.5) is 4.79 Å². The SMILES string of the molecule is CCOC(=O)N(/C=C(/C#N)C(=O)N1CCNCC1)CCN. The molecule has 1 saturated heterocycles. The van der Waals surface area contributed by atoms with E-state index in [1.165, 1.54) is 6.20 Å². The molecule has 8 heteroatoms. The van der Waals surface area contributed by atoms with Gasteiger partial charge < -0.3 is 20.7 Å². The standard InChI is InChI=1S/C13H21N5O3/c1-2-21-13(20)18(6-3-14)10-11(9-15)12(19)17-7-4-16-5-8-17/h10,16H,2-8,14H2,1H3/b11-10-. The Balaban J connectivity index is 2.85. The van der Waals surface area contributed by atoms with Crippen molar-refractivity contribution in [2.24, 2.45) is 5.73 Å². The Morgan fingerprint density at radius 1 is 1.48 bits per heavy atom. The summed E-state index contributed by atoms with van der Waals surface area (Å²) in [7, 11) is 0. The van der Waals surface area contributed by atoms with Crippen LogP contribution in [0.15, 0.2) is 11.8 Å². The fraction of sp³-hybridized carbons (Fsp3) is 0.615. The van der Waals surface area contributed by atoms with Gasteiger partial charge in [0, 0.05) is 45.5 Å². The first kappa shape index (κ1) is 16.9.